The van der Waals surface area contributed by atoms with E-state index in [-0.39, 0.29) is 11.2 Å². The summed E-state index contributed by atoms with van der Waals surface area (Å²) in [5, 5.41) is 0. The zero-order valence-corrected chi connectivity index (χ0v) is 17.6. The Bertz CT molecular complexity index is 534. The SMILES string of the molecule is CCC(C)(OOC(C)(C)C)c1ccc(C(C)(C)OOC(C)(C)C)cc1. The van der Waals surface area contributed by atoms with Crippen molar-refractivity contribution in [2.45, 2.75) is 98.1 Å². The molecule has 1 aromatic carbocycles. The number of hydrogen-bond acceptors (Lipinski definition) is 4. The summed E-state index contributed by atoms with van der Waals surface area (Å²) in [5.74, 6) is 0. The van der Waals surface area contributed by atoms with Crippen LogP contribution in [0.5, 0.6) is 0 Å². The predicted octanol–water partition coefficient (Wildman–Crippen LogP) is 6.04. The van der Waals surface area contributed by atoms with E-state index in [1.54, 1.807) is 0 Å². The molecule has 0 fully saturated rings. The minimum atomic E-state index is -0.544. The maximum absolute atomic E-state index is 5.79. The van der Waals surface area contributed by atoms with Crippen LogP contribution in [0.15, 0.2) is 24.3 Å². The van der Waals surface area contributed by atoms with Gasteiger partial charge in [0.15, 0.2) is 0 Å². The lowest BCUT2D eigenvalue weighted by Crippen LogP contribution is -2.31. The van der Waals surface area contributed by atoms with E-state index < -0.39 is 11.2 Å². The van der Waals surface area contributed by atoms with Crippen LogP contribution in [-0.4, -0.2) is 11.2 Å². The van der Waals surface area contributed by atoms with Gasteiger partial charge in [-0.15, -0.1) is 0 Å². The quantitative estimate of drug-likeness (QED) is 0.443. The summed E-state index contributed by atoms with van der Waals surface area (Å²) in [5.41, 5.74) is 0.356. The van der Waals surface area contributed by atoms with Gasteiger partial charge in [-0.3, -0.25) is 0 Å². The molecule has 0 saturated carbocycles. The molecule has 0 aliphatic carbocycles. The van der Waals surface area contributed by atoms with E-state index in [1.807, 2.05) is 62.3 Å². The smallest absolute Gasteiger partial charge is 0.125 e. The van der Waals surface area contributed by atoms with Crippen molar-refractivity contribution in [1.82, 2.24) is 0 Å². The molecule has 1 atom stereocenters. The molecular weight excluding hydrogens is 316 g/mol. The predicted molar refractivity (Wildman–Crippen MR) is 101 cm³/mol. The Morgan fingerprint density at radius 3 is 1.40 bits per heavy atom. The summed E-state index contributed by atoms with van der Waals surface area (Å²) >= 11 is 0. The monoisotopic (exact) mass is 352 g/mol. The Morgan fingerprint density at radius 2 is 1.00 bits per heavy atom. The Hall–Kier alpha value is -0.940. The first-order valence-corrected chi connectivity index (χ1v) is 9.03. The maximum atomic E-state index is 5.79. The molecule has 1 unspecified atom stereocenters. The molecule has 25 heavy (non-hydrogen) atoms. The van der Waals surface area contributed by atoms with Crippen LogP contribution in [0.3, 0.4) is 0 Å². The van der Waals surface area contributed by atoms with Crippen LogP contribution in [0, 0.1) is 0 Å². The van der Waals surface area contributed by atoms with Crippen LogP contribution in [-0.2, 0) is 30.8 Å². The fraction of sp³-hybridized carbons (Fsp3) is 0.714. The molecule has 0 amide bonds. The summed E-state index contributed by atoms with van der Waals surface area (Å²) in [6.45, 7) is 19.9. The Morgan fingerprint density at radius 1 is 0.600 bits per heavy atom. The highest BCUT2D eigenvalue weighted by atomic mass is 17.2. The van der Waals surface area contributed by atoms with E-state index in [1.165, 1.54) is 0 Å². The van der Waals surface area contributed by atoms with E-state index in [4.69, 9.17) is 19.6 Å². The lowest BCUT2D eigenvalue weighted by molar-refractivity contribution is -0.406. The molecule has 144 valence electrons. The molecule has 1 aromatic rings. The van der Waals surface area contributed by atoms with Crippen molar-refractivity contribution in [3.8, 4) is 0 Å². The second-order valence-electron chi connectivity index (χ2n) is 9.23. The topological polar surface area (TPSA) is 36.9 Å². The van der Waals surface area contributed by atoms with Gasteiger partial charge in [0.25, 0.3) is 0 Å². The van der Waals surface area contributed by atoms with Crippen LogP contribution in [0.1, 0.15) is 86.8 Å². The molecule has 0 bridgehead atoms. The summed E-state index contributed by atoms with van der Waals surface area (Å²) in [4.78, 5) is 22.5. The van der Waals surface area contributed by atoms with E-state index >= 15 is 0 Å². The number of rotatable bonds is 7. The Labute approximate surface area is 153 Å². The van der Waals surface area contributed by atoms with Gasteiger partial charge < -0.3 is 0 Å². The molecule has 0 aliphatic rings. The van der Waals surface area contributed by atoms with Crippen molar-refractivity contribution in [2.24, 2.45) is 0 Å². The van der Waals surface area contributed by atoms with E-state index in [0.717, 1.165) is 17.5 Å². The van der Waals surface area contributed by atoms with Crippen LogP contribution in [0.2, 0.25) is 0 Å². The molecule has 4 nitrogen and oxygen atoms in total. The van der Waals surface area contributed by atoms with Gasteiger partial charge in [0.2, 0.25) is 0 Å². The largest absolute Gasteiger partial charge is 0.230 e. The lowest BCUT2D eigenvalue weighted by atomic mass is 9.90. The Balaban J connectivity index is 2.92. The fourth-order valence-corrected chi connectivity index (χ4v) is 2.03. The molecule has 0 heterocycles. The standard InChI is InChI=1S/C21H36O4/c1-11-21(10,25-23-19(5,6)7)17-14-12-16(13-15-17)20(8,9)24-22-18(2,3)4/h12-15H,11H2,1-10H3. The molecule has 0 aromatic heterocycles. The second kappa shape index (κ2) is 7.75. The average Bonchev–Trinajstić information content (AvgIpc) is 2.50. The van der Waals surface area contributed by atoms with Gasteiger partial charge in [0.05, 0.1) is 11.2 Å². The van der Waals surface area contributed by atoms with Crippen molar-refractivity contribution in [3.63, 3.8) is 0 Å². The van der Waals surface area contributed by atoms with Crippen LogP contribution in [0.4, 0.5) is 0 Å². The van der Waals surface area contributed by atoms with Gasteiger partial charge >= 0.3 is 0 Å². The van der Waals surface area contributed by atoms with Gasteiger partial charge in [0.1, 0.15) is 11.2 Å². The Kier molecular flexibility index (Phi) is 6.85. The summed E-state index contributed by atoms with van der Waals surface area (Å²) in [6, 6.07) is 8.23. The third-order valence-corrected chi connectivity index (χ3v) is 3.84. The highest BCUT2D eigenvalue weighted by molar-refractivity contribution is 5.29. The van der Waals surface area contributed by atoms with E-state index in [0.29, 0.717) is 0 Å². The second-order valence-corrected chi connectivity index (χ2v) is 9.23. The first kappa shape index (κ1) is 22.1. The summed E-state index contributed by atoms with van der Waals surface area (Å²) in [6.07, 6.45) is 0.801. The first-order chi connectivity index (χ1) is 11.2. The molecule has 0 radical (unpaired) electrons. The highest BCUT2D eigenvalue weighted by Gasteiger charge is 2.31. The fourth-order valence-electron chi connectivity index (χ4n) is 2.03. The zero-order valence-electron chi connectivity index (χ0n) is 17.6. The zero-order chi connectivity index (χ0) is 19.5. The van der Waals surface area contributed by atoms with Crippen molar-refractivity contribution in [2.75, 3.05) is 0 Å². The summed E-state index contributed by atoms with van der Waals surface area (Å²) < 4.78 is 0. The first-order valence-electron chi connectivity index (χ1n) is 9.03. The highest BCUT2D eigenvalue weighted by Crippen LogP contribution is 2.33. The van der Waals surface area contributed by atoms with Crippen molar-refractivity contribution >= 4 is 0 Å². The molecule has 1 rings (SSSR count). The number of benzene rings is 1. The van der Waals surface area contributed by atoms with E-state index in [2.05, 4.69) is 31.2 Å². The third-order valence-electron chi connectivity index (χ3n) is 3.84. The van der Waals surface area contributed by atoms with Crippen molar-refractivity contribution in [3.05, 3.63) is 35.4 Å². The molecule has 0 N–H and O–H groups in total. The molecule has 0 saturated heterocycles. The van der Waals surface area contributed by atoms with Crippen LogP contribution < -0.4 is 0 Å². The van der Waals surface area contributed by atoms with Crippen molar-refractivity contribution < 1.29 is 19.6 Å². The van der Waals surface area contributed by atoms with Gasteiger partial charge in [-0.1, -0.05) is 31.2 Å². The minimum Gasteiger partial charge on any atom is -0.230 e. The minimum absolute atomic E-state index is 0.351. The van der Waals surface area contributed by atoms with Crippen LogP contribution >= 0.6 is 0 Å². The van der Waals surface area contributed by atoms with Crippen molar-refractivity contribution in [1.29, 1.82) is 0 Å². The van der Waals surface area contributed by atoms with Gasteiger partial charge in [-0.25, -0.2) is 19.6 Å². The van der Waals surface area contributed by atoms with Gasteiger partial charge in [-0.2, -0.15) is 0 Å². The van der Waals surface area contributed by atoms with Gasteiger partial charge in [-0.05, 0) is 79.9 Å². The van der Waals surface area contributed by atoms with Gasteiger partial charge in [0, 0.05) is 0 Å². The third kappa shape index (κ3) is 7.06. The molecular formula is C21H36O4. The summed E-state index contributed by atoms with van der Waals surface area (Å²) in [7, 11) is 0. The van der Waals surface area contributed by atoms with E-state index in [9.17, 15) is 0 Å². The average molecular weight is 353 g/mol. The lowest BCUT2D eigenvalue weighted by Gasteiger charge is -2.32. The molecule has 4 heteroatoms. The maximum Gasteiger partial charge on any atom is 0.125 e. The molecule has 0 aliphatic heterocycles. The van der Waals surface area contributed by atoms with Crippen LogP contribution in [0.25, 0.3) is 0 Å². The number of hydrogen-bond donors (Lipinski definition) is 0. The normalized spacial score (nSPS) is 15.9. The molecule has 0 spiro atoms.